The summed E-state index contributed by atoms with van der Waals surface area (Å²) in [6.07, 6.45) is 0.496. The summed E-state index contributed by atoms with van der Waals surface area (Å²) in [5.41, 5.74) is 3.75. The van der Waals surface area contributed by atoms with Gasteiger partial charge in [0.25, 0.3) is 5.91 Å². The monoisotopic (exact) mass is 321 g/mol. The second-order valence-corrected chi connectivity index (χ2v) is 5.75. The first-order valence-electron chi connectivity index (χ1n) is 7.86. The van der Waals surface area contributed by atoms with Gasteiger partial charge in [0, 0.05) is 24.1 Å². The van der Waals surface area contributed by atoms with Crippen molar-refractivity contribution in [2.24, 2.45) is 0 Å². The lowest BCUT2D eigenvalue weighted by Crippen LogP contribution is -2.25. The van der Waals surface area contributed by atoms with E-state index >= 15 is 0 Å². The van der Waals surface area contributed by atoms with E-state index in [-0.39, 0.29) is 5.91 Å². The van der Waals surface area contributed by atoms with E-state index in [1.165, 1.54) is 0 Å². The molecule has 0 bridgehead atoms. The molecule has 0 saturated carbocycles. The first kappa shape index (κ1) is 15.9. The molecular formula is C19H19N3O2. The third kappa shape index (κ3) is 3.87. The van der Waals surface area contributed by atoms with Gasteiger partial charge in [-0.05, 0) is 38.1 Å². The minimum absolute atomic E-state index is 0.0999. The summed E-state index contributed by atoms with van der Waals surface area (Å²) in [6, 6.07) is 15.4. The van der Waals surface area contributed by atoms with Gasteiger partial charge in [-0.2, -0.15) is 0 Å². The van der Waals surface area contributed by atoms with Crippen molar-refractivity contribution in [2.45, 2.75) is 20.3 Å². The third-order valence-corrected chi connectivity index (χ3v) is 3.64. The normalized spacial score (nSPS) is 10.6. The maximum atomic E-state index is 12.1. The molecule has 0 fully saturated rings. The zero-order valence-electron chi connectivity index (χ0n) is 13.7. The molecule has 3 aromatic rings. The topological polar surface area (TPSA) is 68.0 Å². The number of aromatic nitrogens is 2. The van der Waals surface area contributed by atoms with Crippen molar-refractivity contribution < 1.29 is 9.21 Å². The van der Waals surface area contributed by atoms with Gasteiger partial charge in [0.2, 0.25) is 11.8 Å². The Labute approximate surface area is 140 Å². The lowest BCUT2D eigenvalue weighted by Gasteiger charge is -2.04. The van der Waals surface area contributed by atoms with Crippen molar-refractivity contribution in [1.82, 2.24) is 15.5 Å². The highest BCUT2D eigenvalue weighted by Gasteiger charge is 2.10. The zero-order chi connectivity index (χ0) is 16.9. The Morgan fingerprint density at radius 2 is 1.79 bits per heavy atom. The second-order valence-electron chi connectivity index (χ2n) is 5.75. The lowest BCUT2D eigenvalue weighted by atomic mass is 10.1. The number of hydrogen-bond acceptors (Lipinski definition) is 4. The predicted molar refractivity (Wildman–Crippen MR) is 91.7 cm³/mol. The standard InChI is InChI=1S/C19H19N3O2/c1-13-5-3-7-15(11-13)18(23)20-10-9-17-21-22-19(24-17)16-8-4-6-14(2)12-16/h3-8,11-12H,9-10H2,1-2H3,(H,20,23). The van der Waals surface area contributed by atoms with Crippen LogP contribution in [-0.4, -0.2) is 22.6 Å². The van der Waals surface area contributed by atoms with Gasteiger partial charge >= 0.3 is 0 Å². The van der Waals surface area contributed by atoms with E-state index in [0.717, 1.165) is 16.7 Å². The van der Waals surface area contributed by atoms with E-state index in [2.05, 4.69) is 15.5 Å². The van der Waals surface area contributed by atoms with E-state index in [1.54, 1.807) is 6.07 Å². The van der Waals surface area contributed by atoms with Gasteiger partial charge in [-0.1, -0.05) is 35.4 Å². The number of nitrogens with one attached hydrogen (secondary N) is 1. The van der Waals surface area contributed by atoms with Crippen molar-refractivity contribution in [1.29, 1.82) is 0 Å². The highest BCUT2D eigenvalue weighted by Crippen LogP contribution is 2.18. The Morgan fingerprint density at radius 3 is 2.54 bits per heavy atom. The average molecular weight is 321 g/mol. The van der Waals surface area contributed by atoms with Crippen LogP contribution in [0.15, 0.2) is 52.9 Å². The number of aryl methyl sites for hydroxylation is 2. The zero-order valence-corrected chi connectivity index (χ0v) is 13.7. The van der Waals surface area contributed by atoms with E-state index in [4.69, 9.17) is 4.42 Å². The molecule has 3 rings (SSSR count). The lowest BCUT2D eigenvalue weighted by molar-refractivity contribution is 0.0953. The summed E-state index contributed by atoms with van der Waals surface area (Å²) in [6.45, 7) is 4.42. The van der Waals surface area contributed by atoms with E-state index in [9.17, 15) is 4.79 Å². The Hall–Kier alpha value is -2.95. The highest BCUT2D eigenvalue weighted by atomic mass is 16.4. The highest BCUT2D eigenvalue weighted by molar-refractivity contribution is 5.94. The first-order chi connectivity index (χ1) is 11.6. The molecule has 1 aromatic heterocycles. The Kier molecular flexibility index (Phi) is 4.70. The molecule has 122 valence electrons. The molecule has 5 nitrogen and oxygen atoms in total. The summed E-state index contributed by atoms with van der Waals surface area (Å²) in [5, 5.41) is 11.0. The van der Waals surface area contributed by atoms with Crippen LogP contribution in [-0.2, 0) is 6.42 Å². The third-order valence-electron chi connectivity index (χ3n) is 3.64. The quantitative estimate of drug-likeness (QED) is 0.782. The Balaban J connectivity index is 1.57. The van der Waals surface area contributed by atoms with Gasteiger partial charge in [0.1, 0.15) is 0 Å². The van der Waals surface area contributed by atoms with Gasteiger partial charge in [0.05, 0.1) is 0 Å². The molecule has 5 heteroatoms. The molecule has 0 spiro atoms. The molecule has 1 N–H and O–H groups in total. The van der Waals surface area contributed by atoms with Gasteiger partial charge in [-0.3, -0.25) is 4.79 Å². The molecule has 2 aromatic carbocycles. The molecule has 0 aliphatic carbocycles. The van der Waals surface area contributed by atoms with Gasteiger partial charge in [0.15, 0.2) is 0 Å². The molecule has 1 amide bonds. The van der Waals surface area contributed by atoms with Crippen LogP contribution in [0.5, 0.6) is 0 Å². The van der Waals surface area contributed by atoms with Crippen LogP contribution in [0.1, 0.15) is 27.4 Å². The summed E-state index contributed by atoms with van der Waals surface area (Å²) in [4.78, 5) is 12.1. The van der Waals surface area contributed by atoms with Crippen LogP contribution in [0, 0.1) is 13.8 Å². The summed E-state index contributed by atoms with van der Waals surface area (Å²) in [7, 11) is 0. The number of carbonyl (C=O) groups is 1. The molecule has 0 radical (unpaired) electrons. The van der Waals surface area contributed by atoms with E-state index in [1.807, 2.05) is 56.3 Å². The number of nitrogens with zero attached hydrogens (tertiary/aromatic N) is 2. The molecule has 1 heterocycles. The Morgan fingerprint density at radius 1 is 1.04 bits per heavy atom. The smallest absolute Gasteiger partial charge is 0.251 e. The van der Waals surface area contributed by atoms with Crippen LogP contribution in [0.2, 0.25) is 0 Å². The minimum atomic E-state index is -0.0999. The van der Waals surface area contributed by atoms with Crippen LogP contribution < -0.4 is 5.32 Å². The molecular weight excluding hydrogens is 302 g/mol. The van der Waals surface area contributed by atoms with E-state index < -0.39 is 0 Å². The Bertz CT molecular complexity index is 855. The fourth-order valence-corrected chi connectivity index (χ4v) is 2.42. The van der Waals surface area contributed by atoms with Crippen LogP contribution in [0.4, 0.5) is 0 Å². The largest absolute Gasteiger partial charge is 0.421 e. The van der Waals surface area contributed by atoms with Crippen LogP contribution in [0.3, 0.4) is 0 Å². The number of rotatable bonds is 5. The second kappa shape index (κ2) is 7.08. The van der Waals surface area contributed by atoms with Crippen molar-refractivity contribution in [3.05, 3.63) is 71.1 Å². The summed E-state index contributed by atoms with van der Waals surface area (Å²) in [5.74, 6) is 0.909. The van der Waals surface area contributed by atoms with E-state index in [0.29, 0.717) is 30.3 Å². The SMILES string of the molecule is Cc1cccc(C(=O)NCCc2nnc(-c3cccc(C)c3)o2)c1. The van der Waals surface area contributed by atoms with Crippen molar-refractivity contribution in [3.8, 4) is 11.5 Å². The summed E-state index contributed by atoms with van der Waals surface area (Å²) < 4.78 is 5.66. The number of carbonyl (C=O) groups excluding carboxylic acids is 1. The molecule has 0 atom stereocenters. The van der Waals surface area contributed by atoms with Crippen LogP contribution in [0.25, 0.3) is 11.5 Å². The van der Waals surface area contributed by atoms with Crippen molar-refractivity contribution in [2.75, 3.05) is 6.54 Å². The van der Waals surface area contributed by atoms with Gasteiger partial charge < -0.3 is 9.73 Å². The maximum Gasteiger partial charge on any atom is 0.251 e. The minimum Gasteiger partial charge on any atom is -0.421 e. The first-order valence-corrected chi connectivity index (χ1v) is 7.86. The maximum absolute atomic E-state index is 12.1. The number of hydrogen-bond donors (Lipinski definition) is 1. The average Bonchev–Trinajstić information content (AvgIpc) is 3.04. The van der Waals surface area contributed by atoms with Crippen molar-refractivity contribution in [3.63, 3.8) is 0 Å². The predicted octanol–water partition coefficient (Wildman–Crippen LogP) is 3.33. The molecule has 0 unspecified atom stereocenters. The van der Waals surface area contributed by atoms with Gasteiger partial charge in [-0.25, -0.2) is 0 Å². The number of benzene rings is 2. The van der Waals surface area contributed by atoms with Gasteiger partial charge in [-0.15, -0.1) is 10.2 Å². The fraction of sp³-hybridized carbons (Fsp3) is 0.211. The van der Waals surface area contributed by atoms with Crippen LogP contribution >= 0.6 is 0 Å². The molecule has 0 saturated heterocycles. The fourth-order valence-electron chi connectivity index (χ4n) is 2.42. The molecule has 0 aliphatic heterocycles. The molecule has 24 heavy (non-hydrogen) atoms. The molecule has 0 aliphatic rings. The summed E-state index contributed by atoms with van der Waals surface area (Å²) >= 11 is 0. The van der Waals surface area contributed by atoms with Crippen molar-refractivity contribution >= 4 is 5.91 Å². The number of amides is 1.